The van der Waals surface area contributed by atoms with E-state index in [1.807, 2.05) is 24.4 Å². The second-order valence-corrected chi connectivity index (χ2v) is 13.0. The van der Waals surface area contributed by atoms with Gasteiger partial charge in [0.1, 0.15) is 11.6 Å². The van der Waals surface area contributed by atoms with Crippen LogP contribution in [0.4, 0.5) is 11.5 Å². The van der Waals surface area contributed by atoms with Crippen LogP contribution in [-0.4, -0.2) is 38.9 Å². The lowest BCUT2D eigenvalue weighted by atomic mass is 9.93. The Bertz CT molecular complexity index is 1630. The number of nitrogens with zero attached hydrogens (tertiary/aromatic N) is 2. The van der Waals surface area contributed by atoms with Crippen molar-refractivity contribution in [2.45, 2.75) is 24.2 Å². The van der Waals surface area contributed by atoms with Gasteiger partial charge in [-0.15, -0.1) is 0 Å². The summed E-state index contributed by atoms with van der Waals surface area (Å²) in [5, 5.41) is 3.34. The van der Waals surface area contributed by atoms with Gasteiger partial charge < -0.3 is 15.0 Å². The third kappa shape index (κ3) is 7.61. The van der Waals surface area contributed by atoms with E-state index in [0.29, 0.717) is 34.5 Å². The van der Waals surface area contributed by atoms with Crippen LogP contribution in [0.25, 0.3) is 0 Å². The molecule has 11 heteroatoms. The van der Waals surface area contributed by atoms with Crippen molar-refractivity contribution in [3.05, 3.63) is 106 Å². The van der Waals surface area contributed by atoms with Gasteiger partial charge >= 0.3 is 0 Å². The first-order valence-electron chi connectivity index (χ1n) is 13.6. The van der Waals surface area contributed by atoms with Gasteiger partial charge in [0.15, 0.2) is 5.75 Å². The van der Waals surface area contributed by atoms with Gasteiger partial charge in [-0.1, -0.05) is 45.7 Å². The Morgan fingerprint density at radius 1 is 0.976 bits per heavy atom. The van der Waals surface area contributed by atoms with E-state index in [2.05, 4.69) is 35.9 Å². The first-order chi connectivity index (χ1) is 20.3. The van der Waals surface area contributed by atoms with Crippen molar-refractivity contribution in [1.29, 1.82) is 0 Å². The molecule has 2 N–H and O–H groups in total. The van der Waals surface area contributed by atoms with Gasteiger partial charge in [-0.25, -0.2) is 13.4 Å². The molecule has 1 aromatic heterocycles. The fourth-order valence-corrected chi connectivity index (χ4v) is 6.57. The molecule has 0 radical (unpaired) electrons. The summed E-state index contributed by atoms with van der Waals surface area (Å²) in [6.07, 6.45) is 4.81. The minimum Gasteiger partial charge on any atom is -0.454 e. The third-order valence-corrected chi connectivity index (χ3v) is 9.27. The fourth-order valence-electron chi connectivity index (χ4n) is 4.79. The van der Waals surface area contributed by atoms with Gasteiger partial charge in [-0.05, 0) is 91.9 Å². The number of nitrogens with one attached hydrogen (secondary N) is 2. The average molecular weight is 670 g/mol. The zero-order valence-corrected chi connectivity index (χ0v) is 25.8. The molecule has 0 bridgehead atoms. The van der Waals surface area contributed by atoms with E-state index in [0.717, 1.165) is 42.6 Å². The maximum absolute atomic E-state index is 13.2. The molecular formula is C31H30BrClN4O4S. The lowest BCUT2D eigenvalue weighted by Gasteiger charge is -2.32. The average Bonchev–Trinajstić information content (AvgIpc) is 3.00. The Morgan fingerprint density at radius 3 is 2.43 bits per heavy atom. The number of carbonyl (C=O) groups is 1. The predicted molar refractivity (Wildman–Crippen MR) is 169 cm³/mol. The second-order valence-electron chi connectivity index (χ2n) is 9.97. The first-order valence-corrected chi connectivity index (χ1v) is 16.2. The Labute approximate surface area is 259 Å². The highest BCUT2D eigenvalue weighted by Crippen LogP contribution is 2.36. The van der Waals surface area contributed by atoms with E-state index in [-0.39, 0.29) is 16.5 Å². The standard InChI is InChI=1S/C31H30BrClN4O4S/c32-24-10-13-28(26(33)21-24)41-29-6-2-1-5-27(29)36-42(39,40)25-11-8-23(9-12-25)31(38)35-18-14-22-15-19-37(20-16-22)30-7-3-4-17-34-30/h1-13,17,21-22,36H,14-16,18-20H2,(H,35,38). The quantitative estimate of drug-likeness (QED) is 0.186. The molecule has 1 aliphatic heterocycles. The summed E-state index contributed by atoms with van der Waals surface area (Å²) < 4.78 is 35.6. The zero-order valence-electron chi connectivity index (χ0n) is 22.7. The van der Waals surface area contributed by atoms with E-state index >= 15 is 0 Å². The van der Waals surface area contributed by atoms with Crippen LogP contribution in [0.15, 0.2) is 100 Å². The van der Waals surface area contributed by atoms with Crippen LogP contribution in [0.1, 0.15) is 29.6 Å². The molecule has 0 atom stereocenters. The van der Waals surface area contributed by atoms with Gasteiger partial charge in [0, 0.05) is 35.9 Å². The number of benzene rings is 3. The number of hydrogen-bond acceptors (Lipinski definition) is 6. The number of para-hydroxylation sites is 2. The first kappa shape index (κ1) is 29.9. The van der Waals surface area contributed by atoms with Crippen molar-refractivity contribution in [2.24, 2.45) is 5.92 Å². The van der Waals surface area contributed by atoms with Crippen LogP contribution in [0.3, 0.4) is 0 Å². The van der Waals surface area contributed by atoms with Crippen LogP contribution in [-0.2, 0) is 10.0 Å². The van der Waals surface area contributed by atoms with Crippen molar-refractivity contribution in [3.63, 3.8) is 0 Å². The highest BCUT2D eigenvalue weighted by Gasteiger charge is 2.21. The minimum absolute atomic E-state index is 0.0233. The van der Waals surface area contributed by atoms with E-state index in [4.69, 9.17) is 16.3 Å². The Hall–Kier alpha value is -3.60. The number of anilines is 2. The molecule has 42 heavy (non-hydrogen) atoms. The Kier molecular flexibility index (Phi) is 9.66. The second kappa shape index (κ2) is 13.6. The molecule has 8 nitrogen and oxygen atoms in total. The maximum atomic E-state index is 13.2. The Morgan fingerprint density at radius 2 is 1.71 bits per heavy atom. The molecule has 0 unspecified atom stereocenters. The van der Waals surface area contributed by atoms with Gasteiger partial charge in [0.25, 0.3) is 15.9 Å². The molecule has 0 spiro atoms. The number of piperidine rings is 1. The van der Waals surface area contributed by atoms with Crippen LogP contribution in [0, 0.1) is 5.92 Å². The molecule has 1 aliphatic rings. The SMILES string of the molecule is O=C(NCCC1CCN(c2ccccn2)CC1)c1ccc(S(=O)(=O)Nc2ccccc2Oc2ccc(Br)cc2Cl)cc1. The van der Waals surface area contributed by atoms with Crippen molar-refractivity contribution < 1.29 is 17.9 Å². The largest absolute Gasteiger partial charge is 0.454 e. The minimum atomic E-state index is -3.95. The molecule has 3 aromatic carbocycles. The normalized spacial score (nSPS) is 13.9. The molecular weight excluding hydrogens is 640 g/mol. The van der Waals surface area contributed by atoms with Crippen molar-refractivity contribution in [2.75, 3.05) is 29.3 Å². The summed E-state index contributed by atoms with van der Waals surface area (Å²) in [7, 11) is -3.95. The van der Waals surface area contributed by atoms with Gasteiger partial charge in [-0.3, -0.25) is 9.52 Å². The number of amides is 1. The monoisotopic (exact) mass is 668 g/mol. The predicted octanol–water partition coefficient (Wildman–Crippen LogP) is 7.13. The van der Waals surface area contributed by atoms with Crippen LogP contribution < -0.4 is 19.7 Å². The van der Waals surface area contributed by atoms with Crippen LogP contribution in [0.2, 0.25) is 5.02 Å². The molecule has 1 fully saturated rings. The number of ether oxygens (including phenoxy) is 1. The summed E-state index contributed by atoms with van der Waals surface area (Å²) in [6.45, 7) is 2.47. The summed E-state index contributed by atoms with van der Waals surface area (Å²) in [5.74, 6) is 1.99. The summed E-state index contributed by atoms with van der Waals surface area (Å²) >= 11 is 9.62. The van der Waals surface area contributed by atoms with Crippen molar-refractivity contribution >= 4 is 55.0 Å². The zero-order chi connectivity index (χ0) is 29.5. The molecule has 1 amide bonds. The lowest BCUT2D eigenvalue weighted by Crippen LogP contribution is -2.35. The van der Waals surface area contributed by atoms with Crippen molar-refractivity contribution in [3.8, 4) is 11.5 Å². The number of halogens is 2. The van der Waals surface area contributed by atoms with Gasteiger partial charge in [0.2, 0.25) is 0 Å². The molecule has 2 heterocycles. The van der Waals surface area contributed by atoms with E-state index in [1.165, 1.54) is 24.3 Å². The summed E-state index contributed by atoms with van der Waals surface area (Å²) in [4.78, 5) is 19.5. The van der Waals surface area contributed by atoms with E-state index in [9.17, 15) is 13.2 Å². The number of carbonyl (C=O) groups excluding carboxylic acids is 1. The molecule has 4 aromatic rings. The van der Waals surface area contributed by atoms with Crippen LogP contribution in [0.5, 0.6) is 11.5 Å². The smallest absolute Gasteiger partial charge is 0.262 e. The molecule has 0 saturated carbocycles. The molecule has 0 aliphatic carbocycles. The number of rotatable bonds is 10. The van der Waals surface area contributed by atoms with E-state index in [1.54, 1.807) is 42.5 Å². The van der Waals surface area contributed by atoms with E-state index < -0.39 is 10.0 Å². The highest BCUT2D eigenvalue weighted by molar-refractivity contribution is 9.10. The van der Waals surface area contributed by atoms with Crippen molar-refractivity contribution in [1.82, 2.24) is 10.3 Å². The van der Waals surface area contributed by atoms with Gasteiger partial charge in [0.05, 0.1) is 15.6 Å². The lowest BCUT2D eigenvalue weighted by molar-refractivity contribution is 0.0950. The number of aromatic nitrogens is 1. The molecule has 1 saturated heterocycles. The molecule has 218 valence electrons. The fraction of sp³-hybridized carbons (Fsp3) is 0.226. The topological polar surface area (TPSA) is 101 Å². The number of hydrogen-bond donors (Lipinski definition) is 2. The van der Waals surface area contributed by atoms with Gasteiger partial charge in [-0.2, -0.15) is 0 Å². The summed E-state index contributed by atoms with van der Waals surface area (Å²) in [6, 6.07) is 23.6. The third-order valence-electron chi connectivity index (χ3n) is 7.10. The van der Waals surface area contributed by atoms with Crippen LogP contribution >= 0.6 is 27.5 Å². The number of sulfonamides is 1. The summed E-state index contributed by atoms with van der Waals surface area (Å²) in [5.41, 5.74) is 0.650. The highest BCUT2D eigenvalue weighted by atomic mass is 79.9. The molecule has 5 rings (SSSR count). The number of pyridine rings is 1. The Balaban J connectivity index is 1.14. The maximum Gasteiger partial charge on any atom is 0.262 e.